The number of amides is 2. The van der Waals surface area contributed by atoms with E-state index in [1.54, 1.807) is 11.8 Å². The van der Waals surface area contributed by atoms with Gasteiger partial charge in [0, 0.05) is 19.6 Å². The van der Waals surface area contributed by atoms with Crippen molar-refractivity contribution in [3.63, 3.8) is 0 Å². The lowest BCUT2D eigenvalue weighted by molar-refractivity contribution is -0.140. The molecule has 108 valence electrons. The summed E-state index contributed by atoms with van der Waals surface area (Å²) in [5.41, 5.74) is 0. The van der Waals surface area contributed by atoms with Gasteiger partial charge in [-0.25, -0.2) is 0 Å². The predicted molar refractivity (Wildman–Crippen MR) is 70.5 cm³/mol. The van der Waals surface area contributed by atoms with Gasteiger partial charge in [0.25, 0.3) is 0 Å². The number of carbonyl (C=O) groups is 2. The van der Waals surface area contributed by atoms with Gasteiger partial charge in [-0.2, -0.15) is 0 Å². The molecule has 6 heteroatoms. The van der Waals surface area contributed by atoms with Crippen molar-refractivity contribution in [2.45, 2.75) is 19.9 Å². The number of carbonyl (C=O) groups excluding carboxylic acids is 2. The molecule has 3 unspecified atom stereocenters. The summed E-state index contributed by atoms with van der Waals surface area (Å²) in [6.45, 7) is 7.75. The summed E-state index contributed by atoms with van der Waals surface area (Å²) in [5, 5.41) is 6.03. The van der Waals surface area contributed by atoms with Gasteiger partial charge in [-0.05, 0) is 19.4 Å². The number of nitrogens with one attached hydrogen (secondary N) is 2. The highest BCUT2D eigenvalue weighted by Gasteiger charge is 2.32. The minimum atomic E-state index is -0.460. The molecule has 6 nitrogen and oxygen atoms in total. The third-order valence-electron chi connectivity index (χ3n) is 3.91. The molecule has 0 radical (unpaired) electrons. The molecule has 0 spiro atoms. The van der Waals surface area contributed by atoms with Gasteiger partial charge in [0.2, 0.25) is 11.8 Å². The summed E-state index contributed by atoms with van der Waals surface area (Å²) >= 11 is 0. The summed E-state index contributed by atoms with van der Waals surface area (Å²) in [6.07, 6.45) is 0. The standard InChI is InChI=1S/C13H23N3O3/c1-9-7-14-8-11(9)12(17)15-10(2)13(18)16-3-5-19-6-4-16/h9-11,14H,3-8H2,1-2H3,(H,15,17). The highest BCUT2D eigenvalue weighted by Crippen LogP contribution is 2.16. The monoisotopic (exact) mass is 269 g/mol. The van der Waals surface area contributed by atoms with Crippen LogP contribution in [0.15, 0.2) is 0 Å². The Morgan fingerprint density at radius 1 is 1.32 bits per heavy atom. The van der Waals surface area contributed by atoms with Crippen LogP contribution in [0, 0.1) is 11.8 Å². The Labute approximate surface area is 113 Å². The van der Waals surface area contributed by atoms with Crippen molar-refractivity contribution < 1.29 is 14.3 Å². The number of morpholine rings is 1. The zero-order chi connectivity index (χ0) is 13.8. The van der Waals surface area contributed by atoms with Gasteiger partial charge in [-0.1, -0.05) is 6.92 Å². The Morgan fingerprint density at radius 3 is 2.58 bits per heavy atom. The van der Waals surface area contributed by atoms with Crippen LogP contribution in [0.25, 0.3) is 0 Å². The van der Waals surface area contributed by atoms with Gasteiger partial charge >= 0.3 is 0 Å². The Bertz CT molecular complexity index is 342. The van der Waals surface area contributed by atoms with Crippen LogP contribution >= 0.6 is 0 Å². The number of rotatable bonds is 3. The normalized spacial score (nSPS) is 29.1. The van der Waals surface area contributed by atoms with Gasteiger partial charge in [0.15, 0.2) is 0 Å². The molecule has 3 atom stereocenters. The van der Waals surface area contributed by atoms with Crippen LogP contribution in [0.2, 0.25) is 0 Å². The molecule has 2 amide bonds. The molecule has 0 aromatic rings. The van der Waals surface area contributed by atoms with E-state index >= 15 is 0 Å². The van der Waals surface area contributed by atoms with Gasteiger partial charge < -0.3 is 20.3 Å². The maximum atomic E-state index is 12.2. The van der Waals surface area contributed by atoms with E-state index in [0.717, 1.165) is 6.54 Å². The first kappa shape index (κ1) is 14.3. The first-order chi connectivity index (χ1) is 9.09. The predicted octanol–water partition coefficient (Wildman–Crippen LogP) is -0.795. The maximum absolute atomic E-state index is 12.2. The molecule has 0 aromatic heterocycles. The number of nitrogens with zero attached hydrogens (tertiary/aromatic N) is 1. The first-order valence-electron chi connectivity index (χ1n) is 6.97. The van der Waals surface area contributed by atoms with Crippen LogP contribution < -0.4 is 10.6 Å². The largest absolute Gasteiger partial charge is 0.378 e. The highest BCUT2D eigenvalue weighted by atomic mass is 16.5. The molecular formula is C13H23N3O3. The molecule has 19 heavy (non-hydrogen) atoms. The van der Waals surface area contributed by atoms with E-state index in [1.807, 2.05) is 0 Å². The lowest BCUT2D eigenvalue weighted by Gasteiger charge is -2.30. The third-order valence-corrected chi connectivity index (χ3v) is 3.91. The van der Waals surface area contributed by atoms with Crippen molar-refractivity contribution >= 4 is 11.8 Å². The van der Waals surface area contributed by atoms with E-state index in [9.17, 15) is 9.59 Å². The number of ether oxygens (including phenoxy) is 1. The van der Waals surface area contributed by atoms with Crippen molar-refractivity contribution in [1.29, 1.82) is 0 Å². The van der Waals surface area contributed by atoms with Crippen LogP contribution in [-0.2, 0) is 14.3 Å². The van der Waals surface area contributed by atoms with E-state index < -0.39 is 6.04 Å². The molecular weight excluding hydrogens is 246 g/mol. The minimum absolute atomic E-state index is 0.0183. The molecule has 0 bridgehead atoms. The summed E-state index contributed by atoms with van der Waals surface area (Å²) in [4.78, 5) is 26.0. The van der Waals surface area contributed by atoms with Crippen LogP contribution in [-0.4, -0.2) is 62.1 Å². The minimum Gasteiger partial charge on any atom is -0.378 e. The van der Waals surface area contributed by atoms with Crippen molar-refractivity contribution in [2.24, 2.45) is 11.8 Å². The second kappa shape index (κ2) is 6.34. The summed E-state index contributed by atoms with van der Waals surface area (Å²) in [6, 6.07) is -0.460. The smallest absolute Gasteiger partial charge is 0.245 e. The first-order valence-corrected chi connectivity index (χ1v) is 6.97. The summed E-state index contributed by atoms with van der Waals surface area (Å²) < 4.78 is 5.22. The van der Waals surface area contributed by atoms with E-state index in [2.05, 4.69) is 17.6 Å². The quantitative estimate of drug-likeness (QED) is 0.704. The Hall–Kier alpha value is -1.14. The SMILES string of the molecule is CC(NC(=O)C1CNCC1C)C(=O)N1CCOCC1. The Balaban J connectivity index is 1.83. The lowest BCUT2D eigenvalue weighted by Crippen LogP contribution is -2.51. The number of hydrogen-bond donors (Lipinski definition) is 2. The average Bonchev–Trinajstić information content (AvgIpc) is 2.85. The van der Waals surface area contributed by atoms with Gasteiger partial charge in [-0.15, -0.1) is 0 Å². The third kappa shape index (κ3) is 3.45. The van der Waals surface area contributed by atoms with Crippen LogP contribution in [0.1, 0.15) is 13.8 Å². The second-order valence-electron chi connectivity index (χ2n) is 5.41. The van der Waals surface area contributed by atoms with E-state index in [0.29, 0.717) is 38.8 Å². The molecule has 2 N–H and O–H groups in total. The van der Waals surface area contributed by atoms with E-state index in [4.69, 9.17) is 4.74 Å². The molecule has 2 rings (SSSR count). The van der Waals surface area contributed by atoms with Crippen molar-refractivity contribution in [2.75, 3.05) is 39.4 Å². The highest BCUT2D eigenvalue weighted by molar-refractivity contribution is 5.88. The van der Waals surface area contributed by atoms with Crippen molar-refractivity contribution in [1.82, 2.24) is 15.5 Å². The summed E-state index contributed by atoms with van der Waals surface area (Å²) in [5.74, 6) is 0.257. The molecule has 2 fully saturated rings. The average molecular weight is 269 g/mol. The van der Waals surface area contributed by atoms with E-state index in [-0.39, 0.29) is 17.7 Å². The molecule has 0 aromatic carbocycles. The van der Waals surface area contributed by atoms with Crippen LogP contribution in [0.4, 0.5) is 0 Å². The molecule has 2 aliphatic rings. The van der Waals surface area contributed by atoms with Gasteiger partial charge in [-0.3, -0.25) is 9.59 Å². The molecule has 0 aliphatic carbocycles. The zero-order valence-electron chi connectivity index (χ0n) is 11.6. The van der Waals surface area contributed by atoms with Crippen LogP contribution in [0.3, 0.4) is 0 Å². The van der Waals surface area contributed by atoms with Gasteiger partial charge in [0.05, 0.1) is 19.1 Å². The fourth-order valence-corrected chi connectivity index (χ4v) is 2.60. The van der Waals surface area contributed by atoms with Crippen molar-refractivity contribution in [3.8, 4) is 0 Å². The molecule has 0 saturated carbocycles. The Kier molecular flexibility index (Phi) is 4.76. The zero-order valence-corrected chi connectivity index (χ0v) is 11.6. The fraction of sp³-hybridized carbons (Fsp3) is 0.846. The second-order valence-corrected chi connectivity index (χ2v) is 5.41. The molecule has 2 saturated heterocycles. The van der Waals surface area contributed by atoms with Crippen molar-refractivity contribution in [3.05, 3.63) is 0 Å². The topological polar surface area (TPSA) is 70.7 Å². The molecule has 2 heterocycles. The van der Waals surface area contributed by atoms with Gasteiger partial charge in [0.1, 0.15) is 6.04 Å². The Morgan fingerprint density at radius 2 is 2.00 bits per heavy atom. The van der Waals surface area contributed by atoms with Crippen LogP contribution in [0.5, 0.6) is 0 Å². The lowest BCUT2D eigenvalue weighted by atomic mass is 9.97. The summed E-state index contributed by atoms with van der Waals surface area (Å²) in [7, 11) is 0. The molecule has 2 aliphatic heterocycles. The fourth-order valence-electron chi connectivity index (χ4n) is 2.60. The maximum Gasteiger partial charge on any atom is 0.245 e. The van der Waals surface area contributed by atoms with E-state index in [1.165, 1.54) is 0 Å². The number of hydrogen-bond acceptors (Lipinski definition) is 4.